The molecule has 0 N–H and O–H groups in total. The highest BCUT2D eigenvalue weighted by Gasteiger charge is 2.30. The first-order valence-corrected chi connectivity index (χ1v) is 6.44. The summed E-state index contributed by atoms with van der Waals surface area (Å²) in [6.07, 6.45) is -4.41. The first-order chi connectivity index (χ1) is 10.3. The summed E-state index contributed by atoms with van der Waals surface area (Å²) in [7, 11) is 0. The van der Waals surface area contributed by atoms with Crippen LogP contribution in [0.25, 0.3) is 22.4 Å². The molecule has 6 heteroatoms. The van der Waals surface area contributed by atoms with Crippen LogP contribution in [0.3, 0.4) is 0 Å². The Morgan fingerprint density at radius 3 is 2.36 bits per heavy atom. The fourth-order valence-corrected chi connectivity index (χ4v) is 2.10. The van der Waals surface area contributed by atoms with Crippen molar-refractivity contribution in [1.82, 2.24) is 4.98 Å². The zero-order valence-corrected chi connectivity index (χ0v) is 11.4. The second-order valence-electron chi connectivity index (χ2n) is 4.90. The molecule has 2 aromatic carbocycles. The standard InChI is InChI=1S/C16H10F3NO2/c1-9-2-7-12-13(8-9)22-15(20-14(12)21)10-3-5-11(6-4-10)16(17,18)19/h2-8H,1H3. The molecule has 0 radical (unpaired) electrons. The van der Waals surface area contributed by atoms with Gasteiger partial charge >= 0.3 is 6.18 Å². The Morgan fingerprint density at radius 2 is 1.73 bits per heavy atom. The van der Waals surface area contributed by atoms with Crippen molar-refractivity contribution in [3.8, 4) is 11.5 Å². The first-order valence-electron chi connectivity index (χ1n) is 6.44. The molecule has 22 heavy (non-hydrogen) atoms. The maximum absolute atomic E-state index is 12.5. The van der Waals surface area contributed by atoms with Crippen molar-refractivity contribution >= 4 is 11.0 Å². The van der Waals surface area contributed by atoms with E-state index in [4.69, 9.17) is 4.42 Å². The average molecular weight is 305 g/mol. The summed E-state index contributed by atoms with van der Waals surface area (Å²) in [6.45, 7) is 1.84. The number of benzene rings is 2. The number of aryl methyl sites for hydroxylation is 1. The summed E-state index contributed by atoms with van der Waals surface area (Å²) in [5.41, 5.74) is 0.329. The second kappa shape index (κ2) is 4.98. The van der Waals surface area contributed by atoms with Crippen LogP contribution in [0.15, 0.2) is 51.7 Å². The van der Waals surface area contributed by atoms with E-state index in [0.717, 1.165) is 17.7 Å². The minimum atomic E-state index is -4.41. The molecule has 3 rings (SSSR count). The monoisotopic (exact) mass is 305 g/mol. The van der Waals surface area contributed by atoms with Gasteiger partial charge in [0.25, 0.3) is 5.56 Å². The van der Waals surface area contributed by atoms with Gasteiger partial charge in [0.05, 0.1) is 10.9 Å². The van der Waals surface area contributed by atoms with Crippen molar-refractivity contribution in [2.75, 3.05) is 0 Å². The molecule has 0 aliphatic heterocycles. The number of hydrogen-bond acceptors (Lipinski definition) is 3. The van der Waals surface area contributed by atoms with Crippen molar-refractivity contribution in [2.24, 2.45) is 0 Å². The van der Waals surface area contributed by atoms with E-state index in [0.29, 0.717) is 16.5 Å². The van der Waals surface area contributed by atoms with E-state index in [2.05, 4.69) is 4.98 Å². The largest absolute Gasteiger partial charge is 0.437 e. The minimum Gasteiger partial charge on any atom is -0.437 e. The summed E-state index contributed by atoms with van der Waals surface area (Å²) >= 11 is 0. The number of nitrogens with zero attached hydrogens (tertiary/aromatic N) is 1. The molecule has 0 atom stereocenters. The highest BCUT2D eigenvalue weighted by atomic mass is 19.4. The zero-order chi connectivity index (χ0) is 15.9. The molecule has 0 bridgehead atoms. The van der Waals surface area contributed by atoms with Crippen molar-refractivity contribution < 1.29 is 17.6 Å². The molecule has 0 aliphatic carbocycles. The number of fused-ring (bicyclic) bond motifs is 1. The van der Waals surface area contributed by atoms with E-state index in [1.807, 2.05) is 6.92 Å². The summed E-state index contributed by atoms with van der Waals surface area (Å²) in [5, 5.41) is 0.335. The molecule has 0 aliphatic rings. The van der Waals surface area contributed by atoms with Gasteiger partial charge < -0.3 is 4.42 Å². The van der Waals surface area contributed by atoms with Gasteiger partial charge in [0.1, 0.15) is 5.58 Å². The Morgan fingerprint density at radius 1 is 1.05 bits per heavy atom. The summed E-state index contributed by atoms with van der Waals surface area (Å²) in [6, 6.07) is 9.38. The fourth-order valence-electron chi connectivity index (χ4n) is 2.10. The SMILES string of the molecule is Cc1ccc2c(=O)nc(-c3ccc(C(F)(F)F)cc3)oc2c1. The highest BCUT2D eigenvalue weighted by molar-refractivity contribution is 5.77. The average Bonchev–Trinajstić information content (AvgIpc) is 2.46. The molecular weight excluding hydrogens is 295 g/mol. The lowest BCUT2D eigenvalue weighted by molar-refractivity contribution is -0.137. The van der Waals surface area contributed by atoms with E-state index in [1.165, 1.54) is 12.1 Å². The fraction of sp³-hybridized carbons (Fsp3) is 0.125. The van der Waals surface area contributed by atoms with Gasteiger partial charge in [-0.25, -0.2) is 0 Å². The number of aromatic nitrogens is 1. The van der Waals surface area contributed by atoms with Crippen LogP contribution in [0.4, 0.5) is 13.2 Å². The van der Waals surface area contributed by atoms with E-state index >= 15 is 0 Å². The van der Waals surface area contributed by atoms with Crippen LogP contribution in [0.2, 0.25) is 0 Å². The van der Waals surface area contributed by atoms with E-state index in [9.17, 15) is 18.0 Å². The zero-order valence-electron chi connectivity index (χ0n) is 11.4. The number of halogens is 3. The maximum Gasteiger partial charge on any atom is 0.416 e. The summed E-state index contributed by atoms with van der Waals surface area (Å²) in [5.74, 6) is -0.00294. The molecule has 1 heterocycles. The molecule has 0 fully saturated rings. The molecule has 3 nitrogen and oxygen atoms in total. The molecule has 3 aromatic rings. The van der Waals surface area contributed by atoms with E-state index in [-0.39, 0.29) is 5.89 Å². The Hall–Kier alpha value is -2.63. The molecule has 1 aromatic heterocycles. The predicted molar refractivity (Wildman–Crippen MR) is 75.5 cm³/mol. The molecule has 0 amide bonds. The molecule has 0 spiro atoms. The molecule has 112 valence electrons. The molecule has 0 saturated carbocycles. The third-order valence-electron chi connectivity index (χ3n) is 3.24. The van der Waals surface area contributed by atoms with Gasteiger partial charge in [0.15, 0.2) is 0 Å². The summed E-state index contributed by atoms with van der Waals surface area (Å²) in [4.78, 5) is 15.7. The Bertz CT molecular complexity index is 896. The highest BCUT2D eigenvalue weighted by Crippen LogP contribution is 2.30. The molecule has 0 unspecified atom stereocenters. The quantitative estimate of drug-likeness (QED) is 0.677. The van der Waals surface area contributed by atoms with E-state index in [1.54, 1.807) is 18.2 Å². The predicted octanol–water partition coefficient (Wildman–Crippen LogP) is 4.18. The van der Waals surface area contributed by atoms with Crippen molar-refractivity contribution in [2.45, 2.75) is 13.1 Å². The lowest BCUT2D eigenvalue weighted by Gasteiger charge is -2.07. The van der Waals surface area contributed by atoms with Crippen LogP contribution in [-0.2, 0) is 6.18 Å². The maximum atomic E-state index is 12.5. The Kier molecular flexibility index (Phi) is 3.24. The van der Waals surface area contributed by atoms with Gasteiger partial charge in [0.2, 0.25) is 5.89 Å². The number of rotatable bonds is 1. The van der Waals surface area contributed by atoms with Crippen molar-refractivity contribution in [3.63, 3.8) is 0 Å². The number of hydrogen-bond donors (Lipinski definition) is 0. The third-order valence-corrected chi connectivity index (χ3v) is 3.24. The first kappa shape index (κ1) is 14.3. The van der Waals surface area contributed by atoms with Gasteiger partial charge in [-0.05, 0) is 48.9 Å². The lowest BCUT2D eigenvalue weighted by atomic mass is 10.1. The Balaban J connectivity index is 2.12. The normalized spacial score (nSPS) is 11.8. The lowest BCUT2D eigenvalue weighted by Crippen LogP contribution is -2.08. The van der Waals surface area contributed by atoms with Crippen LogP contribution in [0, 0.1) is 6.92 Å². The van der Waals surface area contributed by atoms with Gasteiger partial charge in [0, 0.05) is 5.56 Å². The Labute approximate surface area is 123 Å². The topological polar surface area (TPSA) is 43.1 Å². The van der Waals surface area contributed by atoms with Crippen molar-refractivity contribution in [3.05, 3.63) is 63.9 Å². The minimum absolute atomic E-state index is 0.00294. The van der Waals surface area contributed by atoms with Crippen LogP contribution >= 0.6 is 0 Å². The van der Waals surface area contributed by atoms with Gasteiger partial charge in [-0.15, -0.1) is 0 Å². The number of alkyl halides is 3. The van der Waals surface area contributed by atoms with Crippen LogP contribution in [-0.4, -0.2) is 4.98 Å². The molecule has 0 saturated heterocycles. The van der Waals surface area contributed by atoms with Crippen molar-refractivity contribution in [1.29, 1.82) is 0 Å². The molecular formula is C16H10F3NO2. The van der Waals surface area contributed by atoms with Crippen LogP contribution < -0.4 is 5.56 Å². The second-order valence-corrected chi connectivity index (χ2v) is 4.90. The van der Waals surface area contributed by atoms with Crippen LogP contribution in [0.5, 0.6) is 0 Å². The van der Waals surface area contributed by atoms with Gasteiger partial charge in [-0.1, -0.05) is 6.07 Å². The smallest absolute Gasteiger partial charge is 0.416 e. The summed E-state index contributed by atoms with van der Waals surface area (Å²) < 4.78 is 43.2. The van der Waals surface area contributed by atoms with E-state index < -0.39 is 17.3 Å². The van der Waals surface area contributed by atoms with Gasteiger partial charge in [-0.2, -0.15) is 18.2 Å². The van der Waals surface area contributed by atoms with Gasteiger partial charge in [-0.3, -0.25) is 4.79 Å². The third kappa shape index (κ3) is 2.59. The van der Waals surface area contributed by atoms with Crippen LogP contribution in [0.1, 0.15) is 11.1 Å².